The number of thiophene rings is 1. The lowest BCUT2D eigenvalue weighted by Crippen LogP contribution is -2.08. The number of hydrogen-bond acceptors (Lipinski definition) is 3. The molecule has 0 aliphatic heterocycles. The molecule has 1 N–H and O–H groups in total. The molecule has 0 fully saturated rings. The molecule has 0 saturated carbocycles. The smallest absolute Gasteiger partial charge is 0.146 e. The van der Waals surface area contributed by atoms with Crippen molar-refractivity contribution in [2.75, 3.05) is 5.32 Å². The highest BCUT2D eigenvalue weighted by molar-refractivity contribution is 7.17. The predicted octanol–water partition coefficient (Wildman–Crippen LogP) is 5.26. The molecule has 0 aliphatic rings. The maximum absolute atomic E-state index is 13.7. The number of anilines is 1. The Labute approximate surface area is 125 Å². The van der Waals surface area contributed by atoms with E-state index >= 15 is 0 Å². The lowest BCUT2D eigenvalue weighted by Gasteiger charge is -2.16. The van der Waals surface area contributed by atoms with Crippen molar-refractivity contribution >= 4 is 38.8 Å². The Morgan fingerprint density at radius 2 is 2.15 bits per heavy atom. The molecular formula is C15H12ClFN2S. The minimum atomic E-state index is -0.314. The molecule has 1 atom stereocenters. The summed E-state index contributed by atoms with van der Waals surface area (Å²) in [6.45, 7) is 1.97. The molecule has 3 rings (SSSR count). The molecule has 1 aromatic carbocycles. The standard InChI is InChI=1S/C15H12ClFN2S/c1-9(19-14-7-11(16)2-3-12(14)17)10-6-15-13(18-8-10)4-5-20-15/h2-9,19H,1H3. The minimum absolute atomic E-state index is 0.0537. The highest BCUT2D eigenvalue weighted by atomic mass is 35.5. The molecule has 0 spiro atoms. The number of hydrogen-bond donors (Lipinski definition) is 1. The number of nitrogens with one attached hydrogen (secondary N) is 1. The molecule has 5 heteroatoms. The first-order chi connectivity index (χ1) is 9.63. The highest BCUT2D eigenvalue weighted by Crippen LogP contribution is 2.27. The highest BCUT2D eigenvalue weighted by Gasteiger charge is 2.10. The van der Waals surface area contributed by atoms with Crippen molar-refractivity contribution in [3.05, 3.63) is 58.3 Å². The maximum Gasteiger partial charge on any atom is 0.146 e. The van der Waals surface area contributed by atoms with Gasteiger partial charge in [0.15, 0.2) is 0 Å². The SMILES string of the molecule is CC(Nc1cc(Cl)ccc1F)c1cnc2ccsc2c1. The molecule has 3 aromatic rings. The van der Waals surface area contributed by atoms with Crippen molar-refractivity contribution in [1.29, 1.82) is 0 Å². The first kappa shape index (κ1) is 13.3. The first-order valence-electron chi connectivity index (χ1n) is 6.18. The van der Waals surface area contributed by atoms with Crippen LogP contribution >= 0.6 is 22.9 Å². The van der Waals surface area contributed by atoms with E-state index in [-0.39, 0.29) is 11.9 Å². The fraction of sp³-hybridized carbons (Fsp3) is 0.133. The number of fused-ring (bicyclic) bond motifs is 1. The number of rotatable bonds is 3. The molecule has 2 nitrogen and oxygen atoms in total. The van der Waals surface area contributed by atoms with E-state index < -0.39 is 0 Å². The molecule has 0 bridgehead atoms. The second kappa shape index (κ2) is 5.38. The maximum atomic E-state index is 13.7. The molecule has 102 valence electrons. The Morgan fingerprint density at radius 1 is 1.30 bits per heavy atom. The Kier molecular flexibility index (Phi) is 3.59. The Bertz CT molecular complexity index is 756. The lowest BCUT2D eigenvalue weighted by atomic mass is 10.1. The summed E-state index contributed by atoms with van der Waals surface area (Å²) in [5.41, 5.74) is 2.40. The van der Waals surface area contributed by atoms with Gasteiger partial charge in [0, 0.05) is 11.2 Å². The Morgan fingerprint density at radius 3 is 3.00 bits per heavy atom. The van der Waals surface area contributed by atoms with Crippen molar-refractivity contribution in [3.63, 3.8) is 0 Å². The quantitative estimate of drug-likeness (QED) is 0.713. The summed E-state index contributed by atoms with van der Waals surface area (Å²) >= 11 is 7.54. The summed E-state index contributed by atoms with van der Waals surface area (Å²) in [6, 6.07) is 8.49. The molecular weight excluding hydrogens is 295 g/mol. The van der Waals surface area contributed by atoms with Crippen LogP contribution in [0.15, 0.2) is 41.9 Å². The van der Waals surface area contributed by atoms with Crippen LogP contribution in [0.2, 0.25) is 5.02 Å². The van der Waals surface area contributed by atoms with Crippen LogP contribution in [-0.4, -0.2) is 4.98 Å². The zero-order valence-corrected chi connectivity index (χ0v) is 12.3. The van der Waals surface area contributed by atoms with E-state index in [1.54, 1.807) is 17.4 Å². The summed E-state index contributed by atoms with van der Waals surface area (Å²) in [5.74, 6) is -0.314. The van der Waals surface area contributed by atoms with Gasteiger partial charge in [0.25, 0.3) is 0 Å². The van der Waals surface area contributed by atoms with E-state index in [1.165, 1.54) is 12.1 Å². The van der Waals surface area contributed by atoms with Crippen LogP contribution in [0.1, 0.15) is 18.5 Å². The third-order valence-corrected chi connectivity index (χ3v) is 4.21. The average molecular weight is 307 g/mol. The fourth-order valence-electron chi connectivity index (χ4n) is 2.02. The first-order valence-corrected chi connectivity index (χ1v) is 7.44. The number of aromatic nitrogens is 1. The van der Waals surface area contributed by atoms with Crippen LogP contribution in [0, 0.1) is 5.82 Å². The van der Waals surface area contributed by atoms with E-state index in [0.717, 1.165) is 15.8 Å². The molecule has 2 aromatic heterocycles. The van der Waals surface area contributed by atoms with Crippen LogP contribution in [0.3, 0.4) is 0 Å². The third kappa shape index (κ3) is 2.62. The normalized spacial score (nSPS) is 12.6. The second-order valence-corrected chi connectivity index (χ2v) is 5.95. The number of benzene rings is 1. The van der Waals surface area contributed by atoms with Gasteiger partial charge < -0.3 is 5.32 Å². The summed E-state index contributed by atoms with van der Waals surface area (Å²) in [4.78, 5) is 4.39. The van der Waals surface area contributed by atoms with Crippen molar-refractivity contribution in [2.45, 2.75) is 13.0 Å². The lowest BCUT2D eigenvalue weighted by molar-refractivity contribution is 0.627. The molecule has 20 heavy (non-hydrogen) atoms. The summed E-state index contributed by atoms with van der Waals surface area (Å²) in [5, 5.41) is 5.65. The van der Waals surface area contributed by atoms with E-state index in [0.29, 0.717) is 10.7 Å². The van der Waals surface area contributed by atoms with Gasteiger partial charge in [-0.25, -0.2) is 4.39 Å². The fourth-order valence-corrected chi connectivity index (χ4v) is 2.98. The predicted molar refractivity (Wildman–Crippen MR) is 83.1 cm³/mol. The zero-order valence-electron chi connectivity index (χ0n) is 10.7. The zero-order chi connectivity index (χ0) is 14.1. The Balaban J connectivity index is 1.88. The minimum Gasteiger partial charge on any atom is -0.376 e. The Hall–Kier alpha value is -1.65. The molecule has 0 amide bonds. The summed E-state index contributed by atoms with van der Waals surface area (Å²) < 4.78 is 14.8. The topological polar surface area (TPSA) is 24.9 Å². The molecule has 1 unspecified atom stereocenters. The third-order valence-electron chi connectivity index (χ3n) is 3.12. The average Bonchev–Trinajstić information content (AvgIpc) is 2.90. The van der Waals surface area contributed by atoms with Gasteiger partial charge in [-0.2, -0.15) is 0 Å². The van der Waals surface area contributed by atoms with E-state index in [9.17, 15) is 4.39 Å². The summed E-state index contributed by atoms with van der Waals surface area (Å²) in [7, 11) is 0. The van der Waals surface area contributed by atoms with Crippen molar-refractivity contribution in [2.24, 2.45) is 0 Å². The van der Waals surface area contributed by atoms with Crippen LogP contribution in [0.5, 0.6) is 0 Å². The van der Waals surface area contributed by atoms with Gasteiger partial charge in [-0.3, -0.25) is 4.98 Å². The van der Waals surface area contributed by atoms with Crippen LogP contribution < -0.4 is 5.32 Å². The molecule has 0 saturated heterocycles. The number of pyridine rings is 1. The largest absolute Gasteiger partial charge is 0.376 e. The van der Waals surface area contributed by atoms with Crippen LogP contribution in [-0.2, 0) is 0 Å². The van der Waals surface area contributed by atoms with Crippen LogP contribution in [0.4, 0.5) is 10.1 Å². The molecule has 0 radical (unpaired) electrons. The van der Waals surface area contributed by atoms with E-state index in [2.05, 4.69) is 16.4 Å². The van der Waals surface area contributed by atoms with Gasteiger partial charge in [0.1, 0.15) is 5.82 Å². The van der Waals surface area contributed by atoms with E-state index in [1.807, 2.05) is 24.6 Å². The number of halogens is 2. The van der Waals surface area contributed by atoms with E-state index in [4.69, 9.17) is 11.6 Å². The van der Waals surface area contributed by atoms with Gasteiger partial charge in [0.2, 0.25) is 0 Å². The van der Waals surface area contributed by atoms with Gasteiger partial charge in [0.05, 0.1) is 21.9 Å². The monoisotopic (exact) mass is 306 g/mol. The number of nitrogens with zero attached hydrogens (tertiary/aromatic N) is 1. The van der Waals surface area contributed by atoms with Gasteiger partial charge in [-0.05, 0) is 48.2 Å². The molecule has 2 heterocycles. The summed E-state index contributed by atoms with van der Waals surface area (Å²) in [6.07, 6.45) is 1.81. The van der Waals surface area contributed by atoms with Gasteiger partial charge >= 0.3 is 0 Å². The van der Waals surface area contributed by atoms with Crippen LogP contribution in [0.25, 0.3) is 10.2 Å². The van der Waals surface area contributed by atoms with Gasteiger partial charge in [-0.15, -0.1) is 11.3 Å². The van der Waals surface area contributed by atoms with Crippen molar-refractivity contribution < 1.29 is 4.39 Å². The van der Waals surface area contributed by atoms with Gasteiger partial charge in [-0.1, -0.05) is 11.6 Å². The van der Waals surface area contributed by atoms with Crippen molar-refractivity contribution in [3.8, 4) is 0 Å². The molecule has 0 aliphatic carbocycles. The van der Waals surface area contributed by atoms with Crippen molar-refractivity contribution in [1.82, 2.24) is 4.98 Å². The second-order valence-electron chi connectivity index (χ2n) is 4.56.